The first kappa shape index (κ1) is 13.1. The van der Waals surface area contributed by atoms with Crippen LogP contribution in [0.25, 0.3) is 0 Å². The molecule has 19 heavy (non-hydrogen) atoms. The predicted octanol–water partition coefficient (Wildman–Crippen LogP) is 2.79. The summed E-state index contributed by atoms with van der Waals surface area (Å²) < 4.78 is 4.76. The summed E-state index contributed by atoms with van der Waals surface area (Å²) in [6.45, 7) is 2.51. The number of hydrogen-bond acceptors (Lipinski definition) is 4. The quantitative estimate of drug-likeness (QED) is 0.855. The molecule has 1 aromatic heterocycles. The van der Waals surface area contributed by atoms with Crippen molar-refractivity contribution in [3.63, 3.8) is 0 Å². The van der Waals surface area contributed by atoms with E-state index >= 15 is 0 Å². The lowest BCUT2D eigenvalue weighted by molar-refractivity contribution is 0.0600. The first-order valence-corrected chi connectivity index (χ1v) is 6.04. The molecule has 4 nitrogen and oxygen atoms in total. The number of methoxy groups -OCH3 is 1. The molecule has 0 bridgehead atoms. The average molecular weight is 256 g/mol. The molecule has 0 fully saturated rings. The maximum absolute atomic E-state index is 11.6. The highest BCUT2D eigenvalue weighted by atomic mass is 16.5. The van der Waals surface area contributed by atoms with E-state index in [0.29, 0.717) is 12.1 Å². The van der Waals surface area contributed by atoms with Crippen LogP contribution in [0.2, 0.25) is 0 Å². The lowest BCUT2D eigenvalue weighted by atomic mass is 10.1. The number of anilines is 1. The summed E-state index contributed by atoms with van der Waals surface area (Å²) in [5, 5.41) is 3.28. The van der Waals surface area contributed by atoms with E-state index in [1.807, 2.05) is 37.3 Å². The summed E-state index contributed by atoms with van der Waals surface area (Å²) in [6, 6.07) is 11.3. The van der Waals surface area contributed by atoms with Crippen molar-refractivity contribution in [3.8, 4) is 0 Å². The Morgan fingerprint density at radius 1 is 1.26 bits per heavy atom. The smallest absolute Gasteiger partial charge is 0.338 e. The Hall–Kier alpha value is -2.36. The molecule has 0 atom stereocenters. The normalized spacial score (nSPS) is 10.0. The molecule has 1 aromatic carbocycles. The maximum Gasteiger partial charge on any atom is 0.338 e. The van der Waals surface area contributed by atoms with Crippen LogP contribution in [-0.2, 0) is 11.3 Å². The van der Waals surface area contributed by atoms with Crippen LogP contribution in [0, 0.1) is 6.92 Å². The van der Waals surface area contributed by atoms with E-state index in [1.54, 1.807) is 12.3 Å². The van der Waals surface area contributed by atoms with E-state index in [4.69, 9.17) is 4.74 Å². The summed E-state index contributed by atoms with van der Waals surface area (Å²) in [5.41, 5.74) is 3.32. The second-order valence-corrected chi connectivity index (χ2v) is 4.14. The Balaban J connectivity index is 2.15. The SMILES string of the molecule is COC(=O)c1cccc(NCc2ccccn2)c1C. The summed E-state index contributed by atoms with van der Waals surface area (Å²) in [4.78, 5) is 15.8. The van der Waals surface area contributed by atoms with Crippen LogP contribution in [0.5, 0.6) is 0 Å². The summed E-state index contributed by atoms with van der Waals surface area (Å²) in [5.74, 6) is -0.320. The minimum absolute atomic E-state index is 0.320. The van der Waals surface area contributed by atoms with Crippen LogP contribution in [0.1, 0.15) is 21.6 Å². The van der Waals surface area contributed by atoms with Gasteiger partial charge in [-0.25, -0.2) is 4.79 Å². The van der Waals surface area contributed by atoms with Crippen molar-refractivity contribution in [1.82, 2.24) is 4.98 Å². The Bertz CT molecular complexity index is 568. The van der Waals surface area contributed by atoms with Crippen LogP contribution in [0.15, 0.2) is 42.6 Å². The number of carbonyl (C=O) groups excluding carboxylic acids is 1. The number of rotatable bonds is 4. The minimum Gasteiger partial charge on any atom is -0.465 e. The Labute approximate surface area is 112 Å². The molecule has 0 saturated carbocycles. The third-order valence-corrected chi connectivity index (χ3v) is 2.93. The predicted molar refractivity (Wildman–Crippen MR) is 74.1 cm³/mol. The fourth-order valence-electron chi connectivity index (χ4n) is 1.85. The van der Waals surface area contributed by atoms with Gasteiger partial charge in [-0.1, -0.05) is 12.1 Å². The lowest BCUT2D eigenvalue weighted by Gasteiger charge is -2.11. The third-order valence-electron chi connectivity index (χ3n) is 2.93. The second-order valence-electron chi connectivity index (χ2n) is 4.14. The van der Waals surface area contributed by atoms with Crippen LogP contribution in [0.3, 0.4) is 0 Å². The highest BCUT2D eigenvalue weighted by Gasteiger charge is 2.11. The molecule has 4 heteroatoms. The molecule has 0 amide bonds. The van der Waals surface area contributed by atoms with E-state index in [0.717, 1.165) is 16.9 Å². The fourth-order valence-corrected chi connectivity index (χ4v) is 1.85. The van der Waals surface area contributed by atoms with Gasteiger partial charge in [0.2, 0.25) is 0 Å². The van der Waals surface area contributed by atoms with E-state index in [1.165, 1.54) is 7.11 Å². The van der Waals surface area contributed by atoms with Gasteiger partial charge in [0, 0.05) is 11.9 Å². The molecule has 0 aliphatic carbocycles. The number of aromatic nitrogens is 1. The number of nitrogens with one attached hydrogen (secondary N) is 1. The molecule has 2 rings (SSSR count). The molecule has 0 unspecified atom stereocenters. The standard InChI is InChI=1S/C15H16N2O2/c1-11-13(15(18)19-2)7-5-8-14(11)17-10-12-6-3-4-9-16-12/h3-9,17H,10H2,1-2H3. The first-order chi connectivity index (χ1) is 9.22. The molecule has 0 spiro atoms. The van der Waals surface area contributed by atoms with Gasteiger partial charge in [-0.2, -0.15) is 0 Å². The van der Waals surface area contributed by atoms with Crippen molar-refractivity contribution in [3.05, 3.63) is 59.4 Å². The Morgan fingerprint density at radius 2 is 2.11 bits per heavy atom. The van der Waals surface area contributed by atoms with Gasteiger partial charge in [0.25, 0.3) is 0 Å². The fraction of sp³-hybridized carbons (Fsp3) is 0.200. The molecule has 1 heterocycles. The van der Waals surface area contributed by atoms with Gasteiger partial charge in [-0.15, -0.1) is 0 Å². The maximum atomic E-state index is 11.6. The monoisotopic (exact) mass is 256 g/mol. The number of ether oxygens (including phenoxy) is 1. The number of nitrogens with zero attached hydrogens (tertiary/aromatic N) is 1. The topological polar surface area (TPSA) is 51.2 Å². The molecular formula is C15H16N2O2. The highest BCUT2D eigenvalue weighted by Crippen LogP contribution is 2.20. The molecule has 0 aliphatic rings. The van der Waals surface area contributed by atoms with Crippen LogP contribution >= 0.6 is 0 Å². The van der Waals surface area contributed by atoms with E-state index in [9.17, 15) is 4.79 Å². The Morgan fingerprint density at radius 3 is 2.79 bits per heavy atom. The number of pyridine rings is 1. The highest BCUT2D eigenvalue weighted by molar-refractivity contribution is 5.92. The number of hydrogen-bond donors (Lipinski definition) is 1. The minimum atomic E-state index is -0.320. The van der Waals surface area contributed by atoms with Crippen molar-refractivity contribution in [2.75, 3.05) is 12.4 Å². The van der Waals surface area contributed by atoms with E-state index in [-0.39, 0.29) is 5.97 Å². The summed E-state index contributed by atoms with van der Waals surface area (Å²) in [7, 11) is 1.38. The first-order valence-electron chi connectivity index (χ1n) is 6.04. The van der Waals surface area contributed by atoms with Gasteiger partial charge >= 0.3 is 5.97 Å². The summed E-state index contributed by atoms with van der Waals surface area (Å²) in [6.07, 6.45) is 1.76. The zero-order chi connectivity index (χ0) is 13.7. The number of esters is 1. The number of benzene rings is 1. The van der Waals surface area contributed by atoms with Crippen molar-refractivity contribution in [2.24, 2.45) is 0 Å². The third kappa shape index (κ3) is 3.10. The van der Waals surface area contributed by atoms with Crippen molar-refractivity contribution in [2.45, 2.75) is 13.5 Å². The second kappa shape index (κ2) is 6.00. The van der Waals surface area contributed by atoms with Gasteiger partial charge in [-0.3, -0.25) is 4.98 Å². The van der Waals surface area contributed by atoms with Crippen molar-refractivity contribution in [1.29, 1.82) is 0 Å². The van der Waals surface area contributed by atoms with Crippen LogP contribution < -0.4 is 5.32 Å². The Kier molecular flexibility index (Phi) is 4.13. The van der Waals surface area contributed by atoms with Crippen LogP contribution in [-0.4, -0.2) is 18.1 Å². The number of carbonyl (C=O) groups is 1. The lowest BCUT2D eigenvalue weighted by Crippen LogP contribution is -2.08. The zero-order valence-electron chi connectivity index (χ0n) is 11.0. The van der Waals surface area contributed by atoms with Gasteiger partial charge in [0.1, 0.15) is 0 Å². The molecular weight excluding hydrogens is 240 g/mol. The summed E-state index contributed by atoms with van der Waals surface area (Å²) >= 11 is 0. The van der Waals surface area contributed by atoms with Crippen molar-refractivity contribution >= 4 is 11.7 Å². The molecule has 98 valence electrons. The van der Waals surface area contributed by atoms with Gasteiger partial charge in [-0.05, 0) is 36.8 Å². The zero-order valence-corrected chi connectivity index (χ0v) is 11.0. The molecule has 2 aromatic rings. The molecule has 1 N–H and O–H groups in total. The largest absolute Gasteiger partial charge is 0.465 e. The van der Waals surface area contributed by atoms with Gasteiger partial charge in [0.05, 0.1) is 24.9 Å². The average Bonchev–Trinajstić information content (AvgIpc) is 2.46. The van der Waals surface area contributed by atoms with Crippen molar-refractivity contribution < 1.29 is 9.53 Å². The molecule has 0 radical (unpaired) electrons. The van der Waals surface area contributed by atoms with E-state index < -0.39 is 0 Å². The molecule has 0 saturated heterocycles. The van der Waals surface area contributed by atoms with E-state index in [2.05, 4.69) is 10.3 Å². The van der Waals surface area contributed by atoms with Gasteiger partial charge < -0.3 is 10.1 Å². The van der Waals surface area contributed by atoms with Gasteiger partial charge in [0.15, 0.2) is 0 Å². The molecule has 0 aliphatic heterocycles. The van der Waals surface area contributed by atoms with Crippen LogP contribution in [0.4, 0.5) is 5.69 Å².